The zero-order valence-electron chi connectivity index (χ0n) is 10.5. The second kappa shape index (κ2) is 5.40. The number of rotatable bonds is 4. The van der Waals surface area contributed by atoms with E-state index in [1.165, 1.54) is 18.4 Å². The number of nitrogens with one attached hydrogen (secondary N) is 2. The molecular formula is C14H16N4S. The van der Waals surface area contributed by atoms with Crippen molar-refractivity contribution >= 4 is 23.0 Å². The highest BCUT2D eigenvalue weighted by Crippen LogP contribution is 2.19. The summed E-state index contributed by atoms with van der Waals surface area (Å²) < 4.78 is 1.90. The summed E-state index contributed by atoms with van der Waals surface area (Å²) in [6.07, 6.45) is 6.19. The zero-order valence-corrected chi connectivity index (χ0v) is 11.4. The monoisotopic (exact) mass is 272 g/mol. The van der Waals surface area contributed by atoms with Crippen molar-refractivity contribution in [3.8, 4) is 0 Å². The molecule has 0 radical (unpaired) electrons. The largest absolute Gasteiger partial charge is 0.360 e. The lowest BCUT2D eigenvalue weighted by atomic mass is 10.2. The molecule has 0 amide bonds. The standard InChI is InChI=1S/C14H16N4S/c19-14(16-12-5-6-12)17-13-4-1-3-11(9-13)10-18-8-2-7-15-18/h1-4,7-9,12H,5-6,10H2,(H2,16,17,19). The summed E-state index contributed by atoms with van der Waals surface area (Å²) in [5.74, 6) is 0. The van der Waals surface area contributed by atoms with Gasteiger partial charge in [0.25, 0.3) is 0 Å². The average molecular weight is 272 g/mol. The Morgan fingerprint density at radius 2 is 2.26 bits per heavy atom. The summed E-state index contributed by atoms with van der Waals surface area (Å²) in [7, 11) is 0. The summed E-state index contributed by atoms with van der Waals surface area (Å²) in [6, 6.07) is 10.7. The average Bonchev–Trinajstić information content (AvgIpc) is 3.04. The molecule has 0 saturated heterocycles. The smallest absolute Gasteiger partial charge is 0.170 e. The molecule has 0 spiro atoms. The fraction of sp³-hybridized carbons (Fsp3) is 0.286. The lowest BCUT2D eigenvalue weighted by Gasteiger charge is -2.11. The second-order valence-corrected chi connectivity index (χ2v) is 5.19. The highest BCUT2D eigenvalue weighted by molar-refractivity contribution is 7.80. The van der Waals surface area contributed by atoms with Crippen molar-refractivity contribution in [1.29, 1.82) is 0 Å². The lowest BCUT2D eigenvalue weighted by molar-refractivity contribution is 0.687. The van der Waals surface area contributed by atoms with Gasteiger partial charge in [0.05, 0.1) is 6.54 Å². The number of benzene rings is 1. The molecule has 0 aliphatic heterocycles. The summed E-state index contributed by atoms with van der Waals surface area (Å²) in [5, 5.41) is 11.4. The van der Waals surface area contributed by atoms with Gasteiger partial charge in [-0.2, -0.15) is 5.10 Å². The molecule has 1 aromatic heterocycles. The van der Waals surface area contributed by atoms with E-state index in [1.807, 2.05) is 29.1 Å². The molecule has 5 heteroatoms. The maximum atomic E-state index is 5.27. The Bertz CT molecular complexity index is 561. The topological polar surface area (TPSA) is 41.9 Å². The molecule has 1 saturated carbocycles. The fourth-order valence-corrected chi connectivity index (χ4v) is 2.19. The van der Waals surface area contributed by atoms with Crippen LogP contribution in [-0.2, 0) is 6.54 Å². The van der Waals surface area contributed by atoms with Gasteiger partial charge in [0.2, 0.25) is 0 Å². The van der Waals surface area contributed by atoms with Crippen molar-refractivity contribution in [2.75, 3.05) is 5.32 Å². The van der Waals surface area contributed by atoms with E-state index in [4.69, 9.17) is 12.2 Å². The van der Waals surface area contributed by atoms with E-state index in [0.29, 0.717) is 11.2 Å². The van der Waals surface area contributed by atoms with E-state index in [1.54, 1.807) is 6.20 Å². The zero-order chi connectivity index (χ0) is 13.1. The van der Waals surface area contributed by atoms with Crippen LogP contribution < -0.4 is 10.6 Å². The van der Waals surface area contributed by atoms with E-state index in [-0.39, 0.29) is 0 Å². The van der Waals surface area contributed by atoms with Crippen LogP contribution in [0.25, 0.3) is 0 Å². The van der Waals surface area contributed by atoms with Gasteiger partial charge < -0.3 is 10.6 Å². The summed E-state index contributed by atoms with van der Waals surface area (Å²) in [6.45, 7) is 0.769. The van der Waals surface area contributed by atoms with Gasteiger partial charge in [-0.1, -0.05) is 12.1 Å². The molecule has 0 unspecified atom stereocenters. The van der Waals surface area contributed by atoms with Crippen molar-refractivity contribution < 1.29 is 0 Å². The number of hydrogen-bond acceptors (Lipinski definition) is 2. The van der Waals surface area contributed by atoms with E-state index in [0.717, 1.165) is 12.2 Å². The molecule has 0 bridgehead atoms. The van der Waals surface area contributed by atoms with Crippen LogP contribution in [0.1, 0.15) is 18.4 Å². The Hall–Kier alpha value is -1.88. The molecule has 19 heavy (non-hydrogen) atoms. The Kier molecular flexibility index (Phi) is 3.46. The van der Waals surface area contributed by atoms with Gasteiger partial charge in [-0.25, -0.2) is 0 Å². The molecule has 1 heterocycles. The van der Waals surface area contributed by atoms with Crippen LogP contribution in [0.3, 0.4) is 0 Å². The van der Waals surface area contributed by atoms with Crippen LogP contribution >= 0.6 is 12.2 Å². The number of hydrogen-bond donors (Lipinski definition) is 2. The van der Waals surface area contributed by atoms with Crippen molar-refractivity contribution in [2.45, 2.75) is 25.4 Å². The third kappa shape index (κ3) is 3.54. The molecule has 1 aliphatic carbocycles. The van der Waals surface area contributed by atoms with Gasteiger partial charge >= 0.3 is 0 Å². The first-order chi connectivity index (χ1) is 9.29. The van der Waals surface area contributed by atoms with Gasteiger partial charge in [-0.15, -0.1) is 0 Å². The van der Waals surface area contributed by atoms with Crippen molar-refractivity contribution in [3.05, 3.63) is 48.3 Å². The van der Waals surface area contributed by atoms with Gasteiger partial charge in [-0.3, -0.25) is 4.68 Å². The maximum Gasteiger partial charge on any atom is 0.170 e. The SMILES string of the molecule is S=C(Nc1cccc(Cn2cccn2)c1)NC1CC1. The third-order valence-corrected chi connectivity index (χ3v) is 3.22. The minimum Gasteiger partial charge on any atom is -0.360 e. The molecule has 2 N–H and O–H groups in total. The van der Waals surface area contributed by atoms with E-state index in [2.05, 4.69) is 27.9 Å². The number of anilines is 1. The summed E-state index contributed by atoms with van der Waals surface area (Å²) >= 11 is 5.27. The molecule has 1 aromatic carbocycles. The minimum atomic E-state index is 0.576. The predicted molar refractivity (Wildman–Crippen MR) is 80.1 cm³/mol. The predicted octanol–water partition coefficient (Wildman–Crippen LogP) is 2.38. The Morgan fingerprint density at radius 3 is 3.00 bits per heavy atom. The van der Waals surface area contributed by atoms with Crippen LogP contribution in [-0.4, -0.2) is 20.9 Å². The first kappa shape index (κ1) is 12.2. The maximum absolute atomic E-state index is 5.27. The molecule has 1 fully saturated rings. The van der Waals surface area contributed by atoms with Crippen LogP contribution in [0.2, 0.25) is 0 Å². The molecule has 4 nitrogen and oxygen atoms in total. The number of thiocarbonyl (C=S) groups is 1. The van der Waals surface area contributed by atoms with Crippen molar-refractivity contribution in [2.24, 2.45) is 0 Å². The first-order valence-electron chi connectivity index (χ1n) is 6.43. The van der Waals surface area contributed by atoms with Gasteiger partial charge in [-0.05, 0) is 48.8 Å². The number of nitrogens with zero attached hydrogens (tertiary/aromatic N) is 2. The Morgan fingerprint density at radius 1 is 1.37 bits per heavy atom. The van der Waals surface area contributed by atoms with Crippen molar-refractivity contribution in [1.82, 2.24) is 15.1 Å². The van der Waals surface area contributed by atoms with Gasteiger partial charge in [0, 0.05) is 24.1 Å². The van der Waals surface area contributed by atoms with Gasteiger partial charge in [0.15, 0.2) is 5.11 Å². The summed E-state index contributed by atoms with van der Waals surface area (Å²) in [5.41, 5.74) is 2.21. The summed E-state index contributed by atoms with van der Waals surface area (Å²) in [4.78, 5) is 0. The molecular weight excluding hydrogens is 256 g/mol. The lowest BCUT2D eigenvalue weighted by Crippen LogP contribution is -2.30. The highest BCUT2D eigenvalue weighted by Gasteiger charge is 2.21. The van der Waals surface area contributed by atoms with Crippen LogP contribution in [0.15, 0.2) is 42.7 Å². The van der Waals surface area contributed by atoms with Crippen LogP contribution in [0.5, 0.6) is 0 Å². The van der Waals surface area contributed by atoms with Crippen LogP contribution in [0.4, 0.5) is 5.69 Å². The van der Waals surface area contributed by atoms with E-state index < -0.39 is 0 Å². The van der Waals surface area contributed by atoms with Crippen LogP contribution in [0, 0.1) is 0 Å². The molecule has 3 rings (SSSR count). The Labute approximate surface area is 117 Å². The van der Waals surface area contributed by atoms with Crippen molar-refractivity contribution in [3.63, 3.8) is 0 Å². The van der Waals surface area contributed by atoms with Gasteiger partial charge in [0.1, 0.15) is 0 Å². The molecule has 0 atom stereocenters. The number of aromatic nitrogens is 2. The normalized spacial score (nSPS) is 14.1. The second-order valence-electron chi connectivity index (χ2n) is 4.78. The molecule has 2 aromatic rings. The highest BCUT2D eigenvalue weighted by atomic mass is 32.1. The first-order valence-corrected chi connectivity index (χ1v) is 6.84. The quantitative estimate of drug-likeness (QED) is 0.839. The minimum absolute atomic E-state index is 0.576. The fourth-order valence-electron chi connectivity index (χ4n) is 1.91. The van der Waals surface area contributed by atoms with E-state index in [9.17, 15) is 0 Å². The van der Waals surface area contributed by atoms with E-state index >= 15 is 0 Å². The molecule has 1 aliphatic rings. The Balaban J connectivity index is 1.63. The molecule has 98 valence electrons. The third-order valence-electron chi connectivity index (χ3n) is 3.00.